The number of aryl methyl sites for hydroxylation is 1. The van der Waals surface area contributed by atoms with E-state index in [1.54, 1.807) is 6.33 Å². The van der Waals surface area contributed by atoms with Crippen molar-refractivity contribution in [3.05, 3.63) is 53.5 Å². The molecule has 0 radical (unpaired) electrons. The van der Waals surface area contributed by atoms with E-state index in [1.807, 2.05) is 6.92 Å². The molecular formula is C20H24F2N4. The van der Waals surface area contributed by atoms with Gasteiger partial charge in [0, 0.05) is 49.0 Å². The van der Waals surface area contributed by atoms with E-state index in [4.69, 9.17) is 0 Å². The Kier molecular flexibility index (Phi) is 4.85. The SMILES string of the molecule is Cc1cc(N(C2CC2)C2CCN(Cc3cc(F)ccc3F)CC2)ncn1. The molecule has 2 heterocycles. The van der Waals surface area contributed by atoms with E-state index in [2.05, 4.69) is 25.8 Å². The summed E-state index contributed by atoms with van der Waals surface area (Å²) in [5.41, 5.74) is 1.42. The molecule has 2 fully saturated rings. The van der Waals surface area contributed by atoms with Crippen LogP contribution in [0.4, 0.5) is 14.6 Å². The van der Waals surface area contributed by atoms with Crippen molar-refractivity contribution in [1.82, 2.24) is 14.9 Å². The molecule has 4 rings (SSSR count). The minimum atomic E-state index is -0.379. The molecule has 6 heteroatoms. The standard InChI is InChI=1S/C20H24F2N4/c1-14-10-20(24-13-23-14)26(17-3-4-17)18-6-8-25(9-7-18)12-15-11-16(21)2-5-19(15)22/h2,5,10-11,13,17-18H,3-4,6-9,12H2,1H3. The lowest BCUT2D eigenvalue weighted by molar-refractivity contribution is 0.198. The lowest BCUT2D eigenvalue weighted by Crippen LogP contribution is -2.46. The molecule has 1 saturated heterocycles. The summed E-state index contributed by atoms with van der Waals surface area (Å²) >= 11 is 0. The number of likely N-dealkylation sites (tertiary alicyclic amines) is 1. The van der Waals surface area contributed by atoms with Crippen LogP contribution in [-0.2, 0) is 6.54 Å². The van der Waals surface area contributed by atoms with E-state index in [1.165, 1.54) is 31.0 Å². The first-order valence-electron chi connectivity index (χ1n) is 9.33. The van der Waals surface area contributed by atoms with Crippen molar-refractivity contribution in [3.63, 3.8) is 0 Å². The number of halogens is 2. The molecule has 2 aromatic rings. The molecule has 1 aliphatic carbocycles. The topological polar surface area (TPSA) is 32.3 Å². The molecule has 0 spiro atoms. The van der Waals surface area contributed by atoms with Crippen molar-refractivity contribution < 1.29 is 8.78 Å². The monoisotopic (exact) mass is 358 g/mol. The van der Waals surface area contributed by atoms with Crippen LogP contribution in [0.1, 0.15) is 36.9 Å². The fourth-order valence-corrected chi connectivity index (χ4v) is 3.87. The molecule has 0 atom stereocenters. The molecule has 0 amide bonds. The van der Waals surface area contributed by atoms with Crippen LogP contribution in [-0.4, -0.2) is 40.0 Å². The Morgan fingerprint density at radius 1 is 1.04 bits per heavy atom. The molecular weight excluding hydrogens is 334 g/mol. The molecule has 4 nitrogen and oxygen atoms in total. The molecule has 1 saturated carbocycles. The second-order valence-electron chi connectivity index (χ2n) is 7.40. The number of anilines is 1. The van der Waals surface area contributed by atoms with Gasteiger partial charge >= 0.3 is 0 Å². The minimum absolute atomic E-state index is 0.329. The van der Waals surface area contributed by atoms with Crippen molar-refractivity contribution in [2.45, 2.75) is 51.2 Å². The Morgan fingerprint density at radius 3 is 2.46 bits per heavy atom. The molecule has 1 aromatic heterocycles. The first kappa shape index (κ1) is 17.3. The van der Waals surface area contributed by atoms with Gasteiger partial charge in [-0.25, -0.2) is 18.7 Å². The first-order chi connectivity index (χ1) is 12.6. The van der Waals surface area contributed by atoms with E-state index < -0.39 is 0 Å². The van der Waals surface area contributed by atoms with E-state index >= 15 is 0 Å². The molecule has 1 aromatic carbocycles. The molecule has 2 aliphatic rings. The average Bonchev–Trinajstić information content (AvgIpc) is 3.45. The van der Waals surface area contributed by atoms with Crippen molar-refractivity contribution in [1.29, 1.82) is 0 Å². The van der Waals surface area contributed by atoms with Gasteiger partial charge in [0.25, 0.3) is 0 Å². The van der Waals surface area contributed by atoms with E-state index in [-0.39, 0.29) is 11.6 Å². The number of hydrogen-bond acceptors (Lipinski definition) is 4. The molecule has 1 aliphatic heterocycles. The Bertz CT molecular complexity index is 770. The van der Waals surface area contributed by atoms with Gasteiger partial charge in [0.2, 0.25) is 0 Å². The van der Waals surface area contributed by atoms with E-state index in [0.717, 1.165) is 37.4 Å². The fourth-order valence-electron chi connectivity index (χ4n) is 3.87. The maximum absolute atomic E-state index is 13.9. The van der Waals surface area contributed by atoms with E-state index in [9.17, 15) is 8.78 Å². The van der Waals surface area contributed by atoms with Crippen LogP contribution in [0.3, 0.4) is 0 Å². The number of aromatic nitrogens is 2. The molecule has 138 valence electrons. The normalized spacial score (nSPS) is 18.9. The van der Waals surface area contributed by atoms with Gasteiger partial charge in [-0.2, -0.15) is 0 Å². The highest BCUT2D eigenvalue weighted by Crippen LogP contribution is 2.35. The zero-order valence-corrected chi connectivity index (χ0v) is 15.0. The Hall–Kier alpha value is -2.08. The van der Waals surface area contributed by atoms with Crippen LogP contribution < -0.4 is 4.90 Å². The van der Waals surface area contributed by atoms with Gasteiger partial charge in [-0.05, 0) is 50.8 Å². The van der Waals surface area contributed by atoms with Crippen LogP contribution >= 0.6 is 0 Å². The Labute approximate surface area is 152 Å². The highest BCUT2D eigenvalue weighted by atomic mass is 19.1. The lowest BCUT2D eigenvalue weighted by Gasteiger charge is -2.39. The van der Waals surface area contributed by atoms with Crippen molar-refractivity contribution >= 4 is 5.82 Å². The van der Waals surface area contributed by atoms with Crippen LogP contribution in [0.5, 0.6) is 0 Å². The summed E-state index contributed by atoms with van der Waals surface area (Å²) in [5.74, 6) is 0.314. The zero-order valence-electron chi connectivity index (χ0n) is 15.0. The number of rotatable bonds is 5. The van der Waals surface area contributed by atoms with Crippen LogP contribution in [0.15, 0.2) is 30.6 Å². The predicted octanol–water partition coefficient (Wildman–Crippen LogP) is 3.70. The van der Waals surface area contributed by atoms with Crippen LogP contribution in [0.25, 0.3) is 0 Å². The van der Waals surface area contributed by atoms with Gasteiger partial charge in [0.05, 0.1) is 0 Å². The summed E-state index contributed by atoms with van der Waals surface area (Å²) in [4.78, 5) is 13.4. The minimum Gasteiger partial charge on any atom is -0.350 e. The second kappa shape index (κ2) is 7.27. The number of piperidine rings is 1. The molecule has 0 N–H and O–H groups in total. The third kappa shape index (κ3) is 3.85. The summed E-state index contributed by atoms with van der Waals surface area (Å²) in [6.45, 7) is 4.22. The average molecular weight is 358 g/mol. The van der Waals surface area contributed by atoms with Gasteiger partial charge in [0.1, 0.15) is 23.8 Å². The number of nitrogens with zero attached hydrogens (tertiary/aromatic N) is 4. The maximum atomic E-state index is 13.9. The molecule has 26 heavy (non-hydrogen) atoms. The van der Waals surface area contributed by atoms with Crippen molar-refractivity contribution in [2.75, 3.05) is 18.0 Å². The zero-order chi connectivity index (χ0) is 18.1. The van der Waals surface area contributed by atoms with Crippen LogP contribution in [0, 0.1) is 18.6 Å². The van der Waals surface area contributed by atoms with Gasteiger partial charge in [0.15, 0.2) is 0 Å². The predicted molar refractivity (Wildman–Crippen MR) is 96.9 cm³/mol. The molecule has 0 unspecified atom stereocenters. The number of hydrogen-bond donors (Lipinski definition) is 0. The van der Waals surface area contributed by atoms with E-state index in [0.29, 0.717) is 24.2 Å². The largest absolute Gasteiger partial charge is 0.350 e. The van der Waals surface area contributed by atoms with Gasteiger partial charge in [-0.1, -0.05) is 0 Å². The smallest absolute Gasteiger partial charge is 0.132 e. The number of benzene rings is 1. The fraction of sp³-hybridized carbons (Fsp3) is 0.500. The first-order valence-corrected chi connectivity index (χ1v) is 9.33. The van der Waals surface area contributed by atoms with Gasteiger partial charge in [-0.15, -0.1) is 0 Å². The highest BCUT2D eigenvalue weighted by molar-refractivity contribution is 5.43. The summed E-state index contributed by atoms with van der Waals surface area (Å²) in [6.07, 6.45) is 6.10. The Morgan fingerprint density at radius 2 is 1.77 bits per heavy atom. The van der Waals surface area contributed by atoms with Crippen LogP contribution in [0.2, 0.25) is 0 Å². The third-order valence-electron chi connectivity index (χ3n) is 5.35. The van der Waals surface area contributed by atoms with Gasteiger partial charge in [-0.3, -0.25) is 4.90 Å². The summed E-state index contributed by atoms with van der Waals surface area (Å²) in [6, 6.07) is 6.78. The van der Waals surface area contributed by atoms with Gasteiger partial charge < -0.3 is 4.90 Å². The molecule has 0 bridgehead atoms. The maximum Gasteiger partial charge on any atom is 0.132 e. The third-order valence-corrected chi connectivity index (χ3v) is 5.35. The summed E-state index contributed by atoms with van der Waals surface area (Å²) in [5, 5.41) is 0. The second-order valence-corrected chi connectivity index (χ2v) is 7.40. The lowest BCUT2D eigenvalue weighted by atomic mass is 10.0. The summed E-state index contributed by atoms with van der Waals surface area (Å²) in [7, 11) is 0. The quantitative estimate of drug-likeness (QED) is 0.816. The highest BCUT2D eigenvalue weighted by Gasteiger charge is 2.36. The Balaban J connectivity index is 1.41. The van der Waals surface area contributed by atoms with Crippen molar-refractivity contribution in [3.8, 4) is 0 Å². The summed E-state index contributed by atoms with van der Waals surface area (Å²) < 4.78 is 27.3. The van der Waals surface area contributed by atoms with Crippen molar-refractivity contribution in [2.24, 2.45) is 0 Å².